The SMILES string of the molecule is CCc1ccccc1-n1cnnc1SCC(=O)N(C)C(C)c1cccc(S(N)(=O)=O)c1. The number of aryl methyl sites for hydroxylation is 1. The molecule has 1 heterocycles. The minimum Gasteiger partial charge on any atom is -0.338 e. The fourth-order valence-corrected chi connectivity index (χ4v) is 4.57. The van der Waals surface area contributed by atoms with E-state index in [4.69, 9.17) is 5.14 Å². The molecule has 1 atom stereocenters. The largest absolute Gasteiger partial charge is 0.338 e. The molecule has 164 valence electrons. The molecule has 0 radical (unpaired) electrons. The molecule has 0 fully saturated rings. The maximum absolute atomic E-state index is 12.8. The lowest BCUT2D eigenvalue weighted by Gasteiger charge is -2.25. The third-order valence-corrected chi connectivity index (χ3v) is 6.96. The highest BCUT2D eigenvalue weighted by atomic mass is 32.2. The highest BCUT2D eigenvalue weighted by molar-refractivity contribution is 7.99. The lowest BCUT2D eigenvalue weighted by atomic mass is 10.1. The molecule has 1 amide bonds. The molecule has 10 heteroatoms. The molecular weight excluding hydrogens is 434 g/mol. The molecule has 1 aromatic heterocycles. The maximum Gasteiger partial charge on any atom is 0.238 e. The van der Waals surface area contributed by atoms with Crippen molar-refractivity contribution in [3.8, 4) is 5.69 Å². The van der Waals surface area contributed by atoms with Gasteiger partial charge in [-0.2, -0.15) is 0 Å². The number of para-hydroxylation sites is 1. The average molecular weight is 460 g/mol. The van der Waals surface area contributed by atoms with E-state index in [-0.39, 0.29) is 22.6 Å². The molecule has 8 nitrogen and oxygen atoms in total. The van der Waals surface area contributed by atoms with E-state index in [1.165, 1.54) is 23.9 Å². The summed E-state index contributed by atoms with van der Waals surface area (Å²) in [5.74, 6) is 0.0553. The molecule has 1 unspecified atom stereocenters. The molecular formula is C21H25N5O3S2. The number of sulfonamides is 1. The maximum atomic E-state index is 12.8. The Balaban J connectivity index is 1.71. The first-order valence-electron chi connectivity index (χ1n) is 9.72. The van der Waals surface area contributed by atoms with Gasteiger partial charge in [0.2, 0.25) is 15.9 Å². The molecule has 2 aromatic carbocycles. The number of hydrogen-bond acceptors (Lipinski definition) is 6. The molecule has 31 heavy (non-hydrogen) atoms. The van der Waals surface area contributed by atoms with Gasteiger partial charge in [0, 0.05) is 7.05 Å². The van der Waals surface area contributed by atoms with E-state index in [0.29, 0.717) is 10.7 Å². The van der Waals surface area contributed by atoms with Crippen molar-refractivity contribution in [1.29, 1.82) is 0 Å². The van der Waals surface area contributed by atoms with Gasteiger partial charge in [-0.25, -0.2) is 13.6 Å². The first kappa shape index (κ1) is 23.0. The number of nitrogens with zero attached hydrogens (tertiary/aromatic N) is 4. The van der Waals surface area contributed by atoms with Crippen LogP contribution >= 0.6 is 11.8 Å². The fraction of sp³-hybridized carbons (Fsp3) is 0.286. The molecule has 2 N–H and O–H groups in total. The summed E-state index contributed by atoms with van der Waals surface area (Å²) < 4.78 is 25.1. The number of benzene rings is 2. The third-order valence-electron chi connectivity index (χ3n) is 5.12. The number of thioether (sulfide) groups is 1. The molecule has 0 bridgehead atoms. The molecule has 0 aliphatic heterocycles. The highest BCUT2D eigenvalue weighted by Gasteiger charge is 2.20. The van der Waals surface area contributed by atoms with Gasteiger partial charge in [-0.05, 0) is 42.7 Å². The molecule has 0 aliphatic carbocycles. The first-order valence-corrected chi connectivity index (χ1v) is 12.2. The van der Waals surface area contributed by atoms with E-state index in [1.807, 2.05) is 29.7 Å². The van der Waals surface area contributed by atoms with Crippen molar-refractivity contribution in [2.75, 3.05) is 12.8 Å². The number of rotatable bonds is 8. The Morgan fingerprint density at radius 1 is 1.23 bits per heavy atom. The summed E-state index contributed by atoms with van der Waals surface area (Å²) in [6.45, 7) is 3.92. The van der Waals surface area contributed by atoms with Crippen LogP contribution in [0.2, 0.25) is 0 Å². The summed E-state index contributed by atoms with van der Waals surface area (Å²) in [4.78, 5) is 14.4. The van der Waals surface area contributed by atoms with Gasteiger partial charge >= 0.3 is 0 Å². The minimum atomic E-state index is -3.81. The molecule has 0 saturated carbocycles. The van der Waals surface area contributed by atoms with Crippen molar-refractivity contribution in [3.05, 3.63) is 66.0 Å². The second-order valence-corrected chi connectivity index (χ2v) is 9.56. The van der Waals surface area contributed by atoms with Gasteiger partial charge in [0.1, 0.15) is 6.33 Å². The van der Waals surface area contributed by atoms with Crippen LogP contribution in [0.15, 0.2) is 64.9 Å². The van der Waals surface area contributed by atoms with Crippen LogP contribution in [0.5, 0.6) is 0 Å². The van der Waals surface area contributed by atoms with E-state index in [9.17, 15) is 13.2 Å². The topological polar surface area (TPSA) is 111 Å². The lowest BCUT2D eigenvalue weighted by Crippen LogP contribution is -2.31. The number of nitrogens with two attached hydrogens (primary N) is 1. The Morgan fingerprint density at radius 3 is 2.68 bits per heavy atom. The molecule has 3 aromatic rings. The van der Waals surface area contributed by atoms with Crippen molar-refractivity contribution in [1.82, 2.24) is 19.7 Å². The van der Waals surface area contributed by atoms with E-state index < -0.39 is 10.0 Å². The molecule has 3 rings (SSSR count). The number of primary sulfonamides is 1. The summed E-state index contributed by atoms with van der Waals surface area (Å²) in [5.41, 5.74) is 2.84. The van der Waals surface area contributed by atoms with Crippen LogP contribution in [0.25, 0.3) is 5.69 Å². The Bertz CT molecular complexity index is 1180. The quantitative estimate of drug-likeness (QED) is 0.519. The predicted molar refractivity (Wildman–Crippen MR) is 120 cm³/mol. The van der Waals surface area contributed by atoms with E-state index in [2.05, 4.69) is 23.2 Å². The van der Waals surface area contributed by atoms with Gasteiger partial charge in [0.05, 0.1) is 22.4 Å². The molecule has 0 spiro atoms. The number of hydrogen-bond donors (Lipinski definition) is 1. The monoisotopic (exact) mass is 459 g/mol. The van der Waals surface area contributed by atoms with Crippen molar-refractivity contribution >= 4 is 27.7 Å². The van der Waals surface area contributed by atoms with Crippen molar-refractivity contribution in [2.45, 2.75) is 36.4 Å². The minimum absolute atomic E-state index is 0.0229. The zero-order chi connectivity index (χ0) is 22.6. The van der Waals surface area contributed by atoms with Gasteiger partial charge in [-0.15, -0.1) is 10.2 Å². The zero-order valence-electron chi connectivity index (χ0n) is 17.6. The summed E-state index contributed by atoms with van der Waals surface area (Å²) >= 11 is 1.31. The second-order valence-electron chi connectivity index (χ2n) is 7.05. The Kier molecular flexibility index (Phi) is 7.14. The van der Waals surface area contributed by atoms with Crippen LogP contribution in [0, 0.1) is 0 Å². The number of aromatic nitrogens is 3. The third kappa shape index (κ3) is 5.33. The standard InChI is InChI=1S/C21H25N5O3S2/c1-4-16-8-5-6-11-19(16)26-14-23-24-21(26)30-13-20(27)25(3)15(2)17-9-7-10-18(12-17)31(22,28)29/h5-12,14-15H,4,13H2,1-3H3,(H2,22,28,29). The average Bonchev–Trinajstić information content (AvgIpc) is 3.24. The number of carbonyl (C=O) groups excluding carboxylic acids is 1. The summed E-state index contributed by atoms with van der Waals surface area (Å²) in [7, 11) is -2.12. The van der Waals surface area contributed by atoms with Crippen molar-refractivity contribution in [2.24, 2.45) is 5.14 Å². The van der Waals surface area contributed by atoms with Crippen molar-refractivity contribution < 1.29 is 13.2 Å². The smallest absolute Gasteiger partial charge is 0.238 e. The van der Waals surface area contributed by atoms with Crippen LogP contribution in [0.3, 0.4) is 0 Å². The van der Waals surface area contributed by atoms with Crippen LogP contribution in [-0.4, -0.2) is 46.8 Å². The van der Waals surface area contributed by atoms with Gasteiger partial charge in [0.25, 0.3) is 0 Å². The van der Waals surface area contributed by atoms with Gasteiger partial charge in [-0.1, -0.05) is 49.0 Å². The van der Waals surface area contributed by atoms with Gasteiger partial charge in [-0.3, -0.25) is 9.36 Å². The van der Waals surface area contributed by atoms with Crippen LogP contribution in [0.4, 0.5) is 0 Å². The fourth-order valence-electron chi connectivity index (χ4n) is 3.15. The first-order chi connectivity index (χ1) is 14.7. The van der Waals surface area contributed by atoms with Gasteiger partial charge < -0.3 is 4.90 Å². The second kappa shape index (κ2) is 9.63. The molecule has 0 aliphatic rings. The number of carbonyl (C=O) groups is 1. The summed E-state index contributed by atoms with van der Waals surface area (Å²) in [6.07, 6.45) is 2.52. The normalized spacial score (nSPS) is 12.5. The van der Waals surface area contributed by atoms with E-state index in [1.54, 1.807) is 30.4 Å². The summed E-state index contributed by atoms with van der Waals surface area (Å²) in [6, 6.07) is 14.0. The van der Waals surface area contributed by atoms with Crippen LogP contribution in [-0.2, 0) is 21.2 Å². The van der Waals surface area contributed by atoms with Crippen molar-refractivity contribution in [3.63, 3.8) is 0 Å². The predicted octanol–water partition coefficient (Wildman–Crippen LogP) is 2.79. The summed E-state index contributed by atoms with van der Waals surface area (Å²) in [5, 5.41) is 14.0. The van der Waals surface area contributed by atoms with Crippen LogP contribution in [0.1, 0.15) is 31.0 Å². The Morgan fingerprint density at radius 2 is 1.97 bits per heavy atom. The van der Waals surface area contributed by atoms with Gasteiger partial charge in [0.15, 0.2) is 5.16 Å². The zero-order valence-corrected chi connectivity index (χ0v) is 19.2. The van der Waals surface area contributed by atoms with Crippen LogP contribution < -0.4 is 5.14 Å². The van der Waals surface area contributed by atoms with E-state index >= 15 is 0 Å². The van der Waals surface area contributed by atoms with E-state index in [0.717, 1.165) is 17.7 Å². The Hall–Kier alpha value is -2.69. The number of amides is 1. The highest BCUT2D eigenvalue weighted by Crippen LogP contribution is 2.25. The lowest BCUT2D eigenvalue weighted by molar-refractivity contribution is -0.128. The molecule has 0 saturated heterocycles. The Labute approximate surface area is 186 Å².